The van der Waals surface area contributed by atoms with Crippen LogP contribution >= 0.6 is 0 Å². The molecule has 1 heterocycles. The van der Waals surface area contributed by atoms with Crippen LogP contribution in [0.25, 0.3) is 0 Å². The van der Waals surface area contributed by atoms with Crippen molar-refractivity contribution in [3.63, 3.8) is 0 Å². The zero-order chi connectivity index (χ0) is 15.1. The second-order valence-corrected chi connectivity index (χ2v) is 5.76. The molecule has 1 aromatic carbocycles. The van der Waals surface area contributed by atoms with Crippen molar-refractivity contribution in [2.24, 2.45) is 5.92 Å². The minimum atomic E-state index is -1.12. The van der Waals surface area contributed by atoms with Gasteiger partial charge in [0.05, 0.1) is 23.3 Å². The number of rotatable bonds is 2. The molecule has 21 heavy (non-hydrogen) atoms. The number of carbonyl (C=O) groups is 2. The van der Waals surface area contributed by atoms with Gasteiger partial charge in [0.25, 0.3) is 5.91 Å². The highest BCUT2D eigenvalue weighted by molar-refractivity contribution is 6.01. The maximum absolute atomic E-state index is 12.3. The molecule has 3 rings (SSSR count). The van der Waals surface area contributed by atoms with Crippen molar-refractivity contribution in [3.8, 4) is 0 Å². The molecule has 1 amide bonds. The van der Waals surface area contributed by atoms with E-state index in [0.29, 0.717) is 17.7 Å². The van der Waals surface area contributed by atoms with Gasteiger partial charge in [-0.2, -0.15) is 0 Å². The number of nitrogens with zero attached hydrogens (tertiary/aromatic N) is 1. The van der Waals surface area contributed by atoms with Gasteiger partial charge in [-0.3, -0.25) is 4.79 Å². The standard InChI is InChI=1S/C16H18N2O3/c1-18(2)15(19)12-8-4-6-10-9-5-3-7-11(9)14(16(20)21)17-13(10)12/h3-6,8-9,11,14,17H,7H2,1-2H3,(H,20,21)/p-1/t9-,11-,14-/m1/s1. The SMILES string of the molecule is CN(C)C(=O)c1cccc2c1N[C@@H](C(=O)[O-])[C@@H]1CC=C[C@H]21. The summed E-state index contributed by atoms with van der Waals surface area (Å²) in [7, 11) is 3.36. The summed E-state index contributed by atoms with van der Waals surface area (Å²) >= 11 is 0. The van der Waals surface area contributed by atoms with Gasteiger partial charge < -0.3 is 20.1 Å². The number of carboxylic acid groups (broad SMARTS) is 1. The second kappa shape index (κ2) is 4.91. The molecule has 1 aromatic rings. The van der Waals surface area contributed by atoms with Crippen LogP contribution in [0.5, 0.6) is 0 Å². The zero-order valence-electron chi connectivity index (χ0n) is 12.0. The number of anilines is 1. The largest absolute Gasteiger partial charge is 0.548 e. The van der Waals surface area contributed by atoms with Gasteiger partial charge in [-0.05, 0) is 24.0 Å². The fourth-order valence-corrected chi connectivity index (χ4v) is 3.27. The van der Waals surface area contributed by atoms with E-state index in [2.05, 4.69) is 5.32 Å². The van der Waals surface area contributed by atoms with Gasteiger partial charge in [0.1, 0.15) is 0 Å². The highest BCUT2D eigenvalue weighted by atomic mass is 16.4. The Labute approximate surface area is 123 Å². The van der Waals surface area contributed by atoms with E-state index in [9.17, 15) is 14.7 Å². The molecule has 0 aromatic heterocycles. The number of aliphatic carboxylic acids is 1. The third-order valence-electron chi connectivity index (χ3n) is 4.29. The third kappa shape index (κ3) is 2.09. The monoisotopic (exact) mass is 285 g/mol. The summed E-state index contributed by atoms with van der Waals surface area (Å²) in [5.74, 6) is -1.28. The van der Waals surface area contributed by atoms with Crippen LogP contribution in [0, 0.1) is 5.92 Å². The van der Waals surface area contributed by atoms with E-state index >= 15 is 0 Å². The van der Waals surface area contributed by atoms with E-state index in [1.807, 2.05) is 24.3 Å². The lowest BCUT2D eigenvalue weighted by Crippen LogP contribution is -2.49. The fourth-order valence-electron chi connectivity index (χ4n) is 3.27. The Bertz CT molecular complexity index is 636. The number of hydrogen-bond acceptors (Lipinski definition) is 4. The molecular weight excluding hydrogens is 268 g/mol. The summed E-state index contributed by atoms with van der Waals surface area (Å²) in [5.41, 5.74) is 2.11. The Balaban J connectivity index is 2.12. The predicted octanol–water partition coefficient (Wildman–Crippen LogP) is 0.592. The Morgan fingerprint density at radius 2 is 2.10 bits per heavy atom. The van der Waals surface area contributed by atoms with Crippen molar-refractivity contribution in [2.75, 3.05) is 19.4 Å². The van der Waals surface area contributed by atoms with Gasteiger partial charge in [-0.15, -0.1) is 0 Å². The van der Waals surface area contributed by atoms with Gasteiger partial charge in [0.2, 0.25) is 0 Å². The molecule has 110 valence electrons. The van der Waals surface area contributed by atoms with Crippen LogP contribution in [0.2, 0.25) is 0 Å². The lowest BCUT2D eigenvalue weighted by atomic mass is 9.78. The van der Waals surface area contributed by atoms with Crippen LogP contribution in [0.15, 0.2) is 30.4 Å². The summed E-state index contributed by atoms with van der Waals surface area (Å²) in [6.45, 7) is 0. The lowest BCUT2D eigenvalue weighted by molar-refractivity contribution is -0.308. The van der Waals surface area contributed by atoms with Crippen LogP contribution in [0.1, 0.15) is 28.3 Å². The average Bonchev–Trinajstić information content (AvgIpc) is 2.94. The number of fused-ring (bicyclic) bond motifs is 3. The summed E-state index contributed by atoms with van der Waals surface area (Å²) in [4.78, 5) is 25.2. The van der Waals surface area contributed by atoms with Crippen molar-refractivity contribution in [2.45, 2.75) is 18.4 Å². The highest BCUT2D eigenvalue weighted by Gasteiger charge is 2.39. The summed E-state index contributed by atoms with van der Waals surface area (Å²) in [5, 5.41) is 14.4. The minimum Gasteiger partial charge on any atom is -0.548 e. The number of amides is 1. The second-order valence-electron chi connectivity index (χ2n) is 5.76. The molecule has 1 aliphatic carbocycles. The molecule has 5 nitrogen and oxygen atoms in total. The first kappa shape index (κ1) is 13.7. The van der Waals surface area contributed by atoms with Gasteiger partial charge in [-0.1, -0.05) is 24.3 Å². The first-order valence-electron chi connectivity index (χ1n) is 6.99. The molecule has 0 saturated carbocycles. The molecule has 0 unspecified atom stereocenters. The van der Waals surface area contributed by atoms with Crippen LogP contribution in [-0.4, -0.2) is 36.9 Å². The van der Waals surface area contributed by atoms with Crippen LogP contribution in [0.4, 0.5) is 5.69 Å². The summed E-state index contributed by atoms with van der Waals surface area (Å²) in [6.07, 6.45) is 4.74. The van der Waals surface area contributed by atoms with Crippen LogP contribution in [-0.2, 0) is 4.79 Å². The molecule has 0 saturated heterocycles. The van der Waals surface area contributed by atoms with Crippen molar-refractivity contribution >= 4 is 17.6 Å². The van der Waals surface area contributed by atoms with Crippen LogP contribution < -0.4 is 10.4 Å². The van der Waals surface area contributed by atoms with Crippen molar-refractivity contribution in [3.05, 3.63) is 41.5 Å². The third-order valence-corrected chi connectivity index (χ3v) is 4.29. The predicted molar refractivity (Wildman–Crippen MR) is 76.9 cm³/mol. The molecule has 0 spiro atoms. The summed E-state index contributed by atoms with van der Waals surface area (Å²) in [6, 6.07) is 4.75. The van der Waals surface area contributed by atoms with Gasteiger partial charge in [-0.25, -0.2) is 0 Å². The number of hydrogen-bond donors (Lipinski definition) is 1. The molecule has 0 bridgehead atoms. The first-order valence-corrected chi connectivity index (χ1v) is 6.99. The molecule has 1 N–H and O–H groups in total. The maximum atomic E-state index is 12.3. The number of para-hydroxylation sites is 1. The molecule has 5 heteroatoms. The van der Waals surface area contributed by atoms with E-state index in [0.717, 1.165) is 5.56 Å². The molecule has 0 radical (unpaired) electrons. The van der Waals surface area contributed by atoms with E-state index in [1.54, 1.807) is 20.2 Å². The van der Waals surface area contributed by atoms with Gasteiger partial charge in [0.15, 0.2) is 0 Å². The van der Waals surface area contributed by atoms with Crippen molar-refractivity contribution in [1.82, 2.24) is 4.90 Å². The van der Waals surface area contributed by atoms with E-state index in [1.165, 1.54) is 4.90 Å². The smallest absolute Gasteiger partial charge is 0.255 e. The van der Waals surface area contributed by atoms with Gasteiger partial charge >= 0.3 is 0 Å². The average molecular weight is 285 g/mol. The van der Waals surface area contributed by atoms with Crippen molar-refractivity contribution < 1.29 is 14.7 Å². The molecular formula is C16H17N2O3-. The maximum Gasteiger partial charge on any atom is 0.255 e. The summed E-state index contributed by atoms with van der Waals surface area (Å²) < 4.78 is 0. The van der Waals surface area contributed by atoms with E-state index in [-0.39, 0.29) is 17.7 Å². The van der Waals surface area contributed by atoms with E-state index < -0.39 is 12.0 Å². The molecule has 1 aliphatic heterocycles. The topological polar surface area (TPSA) is 72.5 Å². The van der Waals surface area contributed by atoms with Crippen LogP contribution in [0.3, 0.4) is 0 Å². The molecule has 0 fully saturated rings. The number of carbonyl (C=O) groups excluding carboxylic acids is 2. The molecule has 3 atom stereocenters. The normalized spacial score (nSPS) is 25.7. The minimum absolute atomic E-state index is 0.0269. The number of carboxylic acids is 1. The Hall–Kier alpha value is -2.30. The van der Waals surface area contributed by atoms with E-state index in [4.69, 9.17) is 0 Å². The van der Waals surface area contributed by atoms with Gasteiger partial charge in [0, 0.05) is 20.0 Å². The number of allylic oxidation sites excluding steroid dienone is 2. The Morgan fingerprint density at radius 3 is 2.76 bits per heavy atom. The molecule has 2 aliphatic rings. The first-order chi connectivity index (χ1) is 10.0. The number of nitrogens with one attached hydrogen (secondary N) is 1. The Morgan fingerprint density at radius 1 is 1.33 bits per heavy atom. The lowest BCUT2D eigenvalue weighted by Gasteiger charge is -2.38. The highest BCUT2D eigenvalue weighted by Crippen LogP contribution is 2.45. The van der Waals surface area contributed by atoms with Crippen molar-refractivity contribution in [1.29, 1.82) is 0 Å². The quantitative estimate of drug-likeness (QED) is 0.807. The Kier molecular flexibility index (Phi) is 3.20. The fraction of sp³-hybridized carbons (Fsp3) is 0.375. The zero-order valence-corrected chi connectivity index (χ0v) is 12.0. The number of benzene rings is 1.